The van der Waals surface area contributed by atoms with Crippen LogP contribution in [0.4, 0.5) is 0 Å². The molecule has 8 heteroatoms. The molecule has 22 heavy (non-hydrogen) atoms. The van der Waals surface area contributed by atoms with Gasteiger partial charge in [-0.1, -0.05) is 12.1 Å². The maximum atomic E-state index is 12.6. The maximum absolute atomic E-state index is 12.6. The summed E-state index contributed by atoms with van der Waals surface area (Å²) in [5.41, 5.74) is 7.58. The van der Waals surface area contributed by atoms with Crippen LogP contribution in [-0.2, 0) is 10.0 Å². The Hall–Kier alpha value is -0.990. The van der Waals surface area contributed by atoms with Crippen LogP contribution in [0.15, 0.2) is 34.5 Å². The summed E-state index contributed by atoms with van der Waals surface area (Å²) < 4.78 is 26.7. The Bertz CT molecular complexity index is 761. The SMILES string of the molecule is Cc1csc(-c2cccc(S(=O)(=O)N3CCC(N)C3)c2)n1.Cl. The van der Waals surface area contributed by atoms with Gasteiger partial charge >= 0.3 is 0 Å². The molecule has 0 amide bonds. The fraction of sp³-hybridized carbons (Fsp3) is 0.357. The molecular formula is C14H18ClN3O2S2. The van der Waals surface area contributed by atoms with Crippen molar-refractivity contribution < 1.29 is 8.42 Å². The summed E-state index contributed by atoms with van der Waals surface area (Å²) in [7, 11) is -3.47. The highest BCUT2D eigenvalue weighted by atomic mass is 35.5. The van der Waals surface area contributed by atoms with Crippen LogP contribution < -0.4 is 5.73 Å². The first-order valence-electron chi connectivity index (χ1n) is 6.75. The lowest BCUT2D eigenvalue weighted by Crippen LogP contribution is -2.31. The second-order valence-corrected chi connectivity index (χ2v) is 8.03. The molecule has 120 valence electrons. The zero-order chi connectivity index (χ0) is 15.0. The minimum Gasteiger partial charge on any atom is -0.326 e. The van der Waals surface area contributed by atoms with E-state index in [0.29, 0.717) is 24.4 Å². The normalized spacial score (nSPS) is 19.1. The number of aromatic nitrogens is 1. The van der Waals surface area contributed by atoms with Crippen molar-refractivity contribution in [3.8, 4) is 10.6 Å². The largest absolute Gasteiger partial charge is 0.326 e. The molecule has 2 heterocycles. The number of rotatable bonds is 3. The van der Waals surface area contributed by atoms with Gasteiger partial charge in [0.15, 0.2) is 0 Å². The molecule has 1 atom stereocenters. The number of hydrogen-bond donors (Lipinski definition) is 1. The molecule has 0 bridgehead atoms. The zero-order valence-electron chi connectivity index (χ0n) is 12.1. The van der Waals surface area contributed by atoms with Gasteiger partial charge in [0.25, 0.3) is 0 Å². The summed E-state index contributed by atoms with van der Waals surface area (Å²) in [6, 6.07) is 6.90. The lowest BCUT2D eigenvalue weighted by molar-refractivity contribution is 0.472. The highest BCUT2D eigenvalue weighted by molar-refractivity contribution is 7.89. The second kappa shape index (κ2) is 6.64. The molecule has 5 nitrogen and oxygen atoms in total. The van der Waals surface area contributed by atoms with E-state index in [1.165, 1.54) is 15.6 Å². The van der Waals surface area contributed by atoms with Crippen molar-refractivity contribution in [2.75, 3.05) is 13.1 Å². The molecule has 1 aliphatic rings. The van der Waals surface area contributed by atoms with Gasteiger partial charge in [-0.2, -0.15) is 4.31 Å². The van der Waals surface area contributed by atoms with Gasteiger partial charge in [0.05, 0.1) is 4.90 Å². The molecule has 1 fully saturated rings. The van der Waals surface area contributed by atoms with E-state index in [1.54, 1.807) is 18.2 Å². The predicted molar refractivity (Wildman–Crippen MR) is 90.9 cm³/mol. The van der Waals surface area contributed by atoms with Gasteiger partial charge in [-0.3, -0.25) is 0 Å². The van der Waals surface area contributed by atoms with Crippen molar-refractivity contribution in [3.63, 3.8) is 0 Å². The van der Waals surface area contributed by atoms with Crippen LogP contribution in [0, 0.1) is 6.92 Å². The number of aryl methyl sites for hydroxylation is 1. The van der Waals surface area contributed by atoms with Gasteiger partial charge in [-0.05, 0) is 25.5 Å². The third-order valence-electron chi connectivity index (χ3n) is 3.53. The van der Waals surface area contributed by atoms with Crippen LogP contribution in [0.25, 0.3) is 10.6 Å². The minimum absolute atomic E-state index is 0. The van der Waals surface area contributed by atoms with E-state index in [9.17, 15) is 8.42 Å². The average Bonchev–Trinajstić information content (AvgIpc) is 3.08. The zero-order valence-corrected chi connectivity index (χ0v) is 14.5. The van der Waals surface area contributed by atoms with Crippen LogP contribution in [0.5, 0.6) is 0 Å². The molecule has 0 radical (unpaired) electrons. The standard InChI is InChI=1S/C14H17N3O2S2.ClH/c1-10-9-20-14(16-10)11-3-2-4-13(7-11)21(18,19)17-6-5-12(15)8-17;/h2-4,7,9,12H,5-6,8,15H2,1H3;1H. The third-order valence-corrected chi connectivity index (χ3v) is 6.40. The summed E-state index contributed by atoms with van der Waals surface area (Å²) in [6.07, 6.45) is 0.713. The molecule has 1 aromatic carbocycles. The molecule has 0 aliphatic carbocycles. The fourth-order valence-corrected chi connectivity index (χ4v) is 4.75. The fourth-order valence-electron chi connectivity index (χ4n) is 2.40. The van der Waals surface area contributed by atoms with Crippen molar-refractivity contribution in [2.45, 2.75) is 24.3 Å². The molecule has 1 unspecified atom stereocenters. The topological polar surface area (TPSA) is 76.3 Å². The Labute approximate surface area is 140 Å². The highest BCUT2D eigenvalue weighted by Crippen LogP contribution is 2.27. The first kappa shape index (κ1) is 17.4. The van der Waals surface area contributed by atoms with Gasteiger partial charge < -0.3 is 5.73 Å². The van der Waals surface area contributed by atoms with Crippen molar-refractivity contribution in [2.24, 2.45) is 5.73 Å². The van der Waals surface area contributed by atoms with E-state index in [2.05, 4.69) is 4.98 Å². The molecule has 3 rings (SSSR count). The summed E-state index contributed by atoms with van der Waals surface area (Å²) in [5.74, 6) is 0. The molecule has 2 N–H and O–H groups in total. The van der Waals surface area contributed by atoms with Crippen LogP contribution in [0.1, 0.15) is 12.1 Å². The Morgan fingerprint density at radius 3 is 2.77 bits per heavy atom. The number of halogens is 1. The van der Waals surface area contributed by atoms with Crippen LogP contribution in [0.3, 0.4) is 0 Å². The quantitative estimate of drug-likeness (QED) is 0.911. The van der Waals surface area contributed by atoms with E-state index in [-0.39, 0.29) is 18.4 Å². The summed E-state index contributed by atoms with van der Waals surface area (Å²) in [6.45, 7) is 2.80. The van der Waals surface area contributed by atoms with Gasteiger partial charge in [0.2, 0.25) is 10.0 Å². The van der Waals surface area contributed by atoms with Gasteiger partial charge in [0.1, 0.15) is 5.01 Å². The monoisotopic (exact) mass is 359 g/mol. The van der Waals surface area contributed by atoms with Crippen LogP contribution in [0.2, 0.25) is 0 Å². The Morgan fingerprint density at radius 1 is 1.41 bits per heavy atom. The maximum Gasteiger partial charge on any atom is 0.243 e. The smallest absolute Gasteiger partial charge is 0.243 e. The number of nitrogens with two attached hydrogens (primary N) is 1. The first-order valence-corrected chi connectivity index (χ1v) is 9.07. The first-order chi connectivity index (χ1) is 9.96. The van der Waals surface area contributed by atoms with Gasteiger partial charge in [-0.15, -0.1) is 23.7 Å². The number of nitrogens with zero attached hydrogens (tertiary/aromatic N) is 2. The molecular weight excluding hydrogens is 342 g/mol. The van der Waals surface area contributed by atoms with Crippen molar-refractivity contribution >= 4 is 33.8 Å². The average molecular weight is 360 g/mol. The predicted octanol–water partition coefficient (Wildman–Crippen LogP) is 2.26. The van der Waals surface area contributed by atoms with E-state index >= 15 is 0 Å². The highest BCUT2D eigenvalue weighted by Gasteiger charge is 2.31. The third kappa shape index (κ3) is 3.33. The molecule has 1 aromatic heterocycles. The second-order valence-electron chi connectivity index (χ2n) is 5.23. The van der Waals surface area contributed by atoms with Crippen molar-refractivity contribution in [3.05, 3.63) is 35.3 Å². The Morgan fingerprint density at radius 2 is 2.18 bits per heavy atom. The Kier molecular flexibility index (Phi) is 5.24. The molecule has 0 saturated carbocycles. The van der Waals surface area contributed by atoms with Crippen molar-refractivity contribution in [1.29, 1.82) is 0 Å². The van der Waals surface area contributed by atoms with Crippen LogP contribution >= 0.6 is 23.7 Å². The van der Waals surface area contributed by atoms with Crippen LogP contribution in [-0.4, -0.2) is 36.8 Å². The number of sulfonamides is 1. The van der Waals surface area contributed by atoms with E-state index in [4.69, 9.17) is 5.73 Å². The van der Waals surface area contributed by atoms with Gasteiger partial charge in [-0.25, -0.2) is 13.4 Å². The Balaban J connectivity index is 0.00000176. The summed E-state index contributed by atoms with van der Waals surface area (Å²) in [4.78, 5) is 4.71. The molecule has 1 aliphatic heterocycles. The summed E-state index contributed by atoms with van der Waals surface area (Å²) >= 11 is 1.52. The van der Waals surface area contributed by atoms with E-state index in [0.717, 1.165) is 16.3 Å². The minimum atomic E-state index is -3.47. The van der Waals surface area contributed by atoms with Gasteiger partial charge in [0, 0.05) is 35.8 Å². The number of thiazole rings is 1. The van der Waals surface area contributed by atoms with E-state index in [1.807, 2.05) is 18.4 Å². The molecule has 1 saturated heterocycles. The summed E-state index contributed by atoms with van der Waals surface area (Å²) in [5, 5.41) is 2.79. The lowest BCUT2D eigenvalue weighted by atomic mass is 10.2. The lowest BCUT2D eigenvalue weighted by Gasteiger charge is -2.16. The van der Waals surface area contributed by atoms with E-state index < -0.39 is 10.0 Å². The number of benzene rings is 1. The molecule has 0 spiro atoms. The number of hydrogen-bond acceptors (Lipinski definition) is 5. The van der Waals surface area contributed by atoms with Crippen molar-refractivity contribution in [1.82, 2.24) is 9.29 Å². The molecule has 2 aromatic rings.